The summed E-state index contributed by atoms with van der Waals surface area (Å²) in [6.45, 7) is 1.03. The van der Waals surface area contributed by atoms with Crippen molar-refractivity contribution in [3.05, 3.63) is 23.8 Å². The highest BCUT2D eigenvalue weighted by Crippen LogP contribution is 2.31. The van der Waals surface area contributed by atoms with E-state index in [2.05, 4.69) is 16.7 Å². The first-order valence-electron chi connectivity index (χ1n) is 7.48. The van der Waals surface area contributed by atoms with Crippen molar-refractivity contribution in [1.82, 2.24) is 0 Å². The Hall–Kier alpha value is -1.51. The van der Waals surface area contributed by atoms with E-state index in [0.29, 0.717) is 12.3 Å². The molecule has 1 amide bonds. The lowest BCUT2D eigenvalue weighted by Crippen LogP contribution is -2.19. The minimum absolute atomic E-state index is 0.186. The minimum Gasteiger partial charge on any atom is -0.385 e. The Morgan fingerprint density at radius 1 is 1.26 bits per heavy atom. The molecule has 1 aliphatic carbocycles. The van der Waals surface area contributed by atoms with Gasteiger partial charge in [0.1, 0.15) is 0 Å². The molecule has 3 heteroatoms. The van der Waals surface area contributed by atoms with Crippen LogP contribution in [0.3, 0.4) is 0 Å². The summed E-state index contributed by atoms with van der Waals surface area (Å²) in [5, 5.41) is 6.52. The molecule has 3 nitrogen and oxygen atoms in total. The van der Waals surface area contributed by atoms with Crippen molar-refractivity contribution in [2.45, 2.75) is 44.9 Å². The zero-order valence-electron chi connectivity index (χ0n) is 11.4. The van der Waals surface area contributed by atoms with E-state index in [0.717, 1.165) is 25.1 Å². The van der Waals surface area contributed by atoms with Crippen LogP contribution in [0.25, 0.3) is 0 Å². The molecule has 19 heavy (non-hydrogen) atoms. The van der Waals surface area contributed by atoms with E-state index >= 15 is 0 Å². The maximum Gasteiger partial charge on any atom is 0.224 e. The van der Waals surface area contributed by atoms with Crippen LogP contribution < -0.4 is 10.6 Å². The number of benzene rings is 1. The molecule has 1 fully saturated rings. The minimum atomic E-state index is 0.186. The normalized spacial score (nSPS) is 18.7. The molecule has 1 saturated carbocycles. The van der Waals surface area contributed by atoms with Gasteiger partial charge in [-0.15, -0.1) is 0 Å². The van der Waals surface area contributed by atoms with E-state index < -0.39 is 0 Å². The van der Waals surface area contributed by atoms with Crippen molar-refractivity contribution >= 4 is 17.3 Å². The van der Waals surface area contributed by atoms with Crippen LogP contribution >= 0.6 is 0 Å². The lowest BCUT2D eigenvalue weighted by Gasteiger charge is -2.21. The van der Waals surface area contributed by atoms with Crippen LogP contribution in [0.4, 0.5) is 11.4 Å². The van der Waals surface area contributed by atoms with E-state index in [1.54, 1.807) is 0 Å². The van der Waals surface area contributed by atoms with Crippen LogP contribution in [-0.2, 0) is 11.2 Å². The van der Waals surface area contributed by atoms with Crippen molar-refractivity contribution in [3.8, 4) is 0 Å². The number of carbonyl (C=O) groups is 1. The predicted octanol–water partition coefficient (Wildman–Crippen LogP) is 3.56. The second-order valence-corrected chi connectivity index (χ2v) is 5.76. The zero-order valence-corrected chi connectivity index (χ0v) is 11.4. The van der Waals surface area contributed by atoms with Gasteiger partial charge >= 0.3 is 0 Å². The summed E-state index contributed by atoms with van der Waals surface area (Å²) >= 11 is 0. The average molecular weight is 258 g/mol. The highest BCUT2D eigenvalue weighted by Gasteiger charge is 2.19. The van der Waals surface area contributed by atoms with Gasteiger partial charge in [0, 0.05) is 24.3 Å². The molecule has 2 N–H and O–H groups in total. The van der Waals surface area contributed by atoms with Crippen LogP contribution in [0, 0.1) is 5.92 Å². The number of hydrogen-bond acceptors (Lipinski definition) is 2. The second kappa shape index (κ2) is 5.64. The molecule has 0 radical (unpaired) electrons. The van der Waals surface area contributed by atoms with Gasteiger partial charge in [0.05, 0.1) is 0 Å². The average Bonchev–Trinajstić information content (AvgIpc) is 2.92. The van der Waals surface area contributed by atoms with E-state index in [9.17, 15) is 4.79 Å². The van der Waals surface area contributed by atoms with Crippen LogP contribution in [0.5, 0.6) is 0 Å². The predicted molar refractivity (Wildman–Crippen MR) is 78.5 cm³/mol. The van der Waals surface area contributed by atoms with E-state index in [-0.39, 0.29) is 5.91 Å². The highest BCUT2D eigenvalue weighted by molar-refractivity contribution is 5.92. The third-order valence-corrected chi connectivity index (χ3v) is 4.32. The highest BCUT2D eigenvalue weighted by atomic mass is 16.1. The third kappa shape index (κ3) is 2.91. The van der Waals surface area contributed by atoms with Gasteiger partial charge in [0.25, 0.3) is 0 Å². The maximum atomic E-state index is 12.1. The largest absolute Gasteiger partial charge is 0.385 e. The van der Waals surface area contributed by atoms with Crippen molar-refractivity contribution in [2.75, 3.05) is 17.2 Å². The van der Waals surface area contributed by atoms with Gasteiger partial charge in [-0.05, 0) is 49.3 Å². The molecule has 0 bridgehead atoms. The number of fused-ring (bicyclic) bond motifs is 1. The zero-order chi connectivity index (χ0) is 13.1. The van der Waals surface area contributed by atoms with Gasteiger partial charge in [0.15, 0.2) is 0 Å². The molecule has 0 atom stereocenters. The number of anilines is 2. The SMILES string of the molecule is O=C(CC1CCCC1)Nc1cccc2c1CCCN2. The summed E-state index contributed by atoms with van der Waals surface area (Å²) in [7, 11) is 0. The fraction of sp³-hybridized carbons (Fsp3) is 0.562. The van der Waals surface area contributed by atoms with Crippen molar-refractivity contribution in [3.63, 3.8) is 0 Å². The summed E-state index contributed by atoms with van der Waals surface area (Å²) in [6, 6.07) is 6.14. The van der Waals surface area contributed by atoms with E-state index in [4.69, 9.17) is 0 Å². The lowest BCUT2D eigenvalue weighted by atomic mass is 10.0. The first-order chi connectivity index (χ1) is 9.33. The van der Waals surface area contributed by atoms with Crippen molar-refractivity contribution < 1.29 is 4.79 Å². The lowest BCUT2D eigenvalue weighted by molar-refractivity contribution is -0.117. The van der Waals surface area contributed by atoms with Crippen molar-refractivity contribution in [2.24, 2.45) is 5.92 Å². The van der Waals surface area contributed by atoms with Crippen LogP contribution in [0.1, 0.15) is 44.1 Å². The van der Waals surface area contributed by atoms with Gasteiger partial charge in [-0.1, -0.05) is 18.9 Å². The van der Waals surface area contributed by atoms with Crippen LogP contribution in [0.15, 0.2) is 18.2 Å². The van der Waals surface area contributed by atoms with Gasteiger partial charge in [0.2, 0.25) is 5.91 Å². The molecule has 0 saturated heterocycles. The van der Waals surface area contributed by atoms with Crippen LogP contribution in [0.2, 0.25) is 0 Å². The Morgan fingerprint density at radius 3 is 2.95 bits per heavy atom. The van der Waals surface area contributed by atoms with Gasteiger partial charge in [-0.3, -0.25) is 4.79 Å². The maximum absolute atomic E-state index is 12.1. The van der Waals surface area contributed by atoms with Gasteiger partial charge in [-0.2, -0.15) is 0 Å². The molecule has 0 unspecified atom stereocenters. The molecule has 0 aromatic heterocycles. The molecule has 1 heterocycles. The number of rotatable bonds is 3. The molecule has 2 aliphatic rings. The quantitative estimate of drug-likeness (QED) is 0.870. The Kier molecular flexibility index (Phi) is 3.72. The molecule has 1 aromatic rings. The van der Waals surface area contributed by atoms with Gasteiger partial charge < -0.3 is 10.6 Å². The Bertz CT molecular complexity index is 464. The fourth-order valence-corrected chi connectivity index (χ4v) is 3.31. The van der Waals surface area contributed by atoms with Crippen LogP contribution in [-0.4, -0.2) is 12.5 Å². The third-order valence-electron chi connectivity index (χ3n) is 4.32. The van der Waals surface area contributed by atoms with E-state index in [1.165, 1.54) is 36.9 Å². The summed E-state index contributed by atoms with van der Waals surface area (Å²) in [4.78, 5) is 12.1. The number of hydrogen-bond donors (Lipinski definition) is 2. The molecule has 0 spiro atoms. The summed E-state index contributed by atoms with van der Waals surface area (Å²) in [5.74, 6) is 0.795. The topological polar surface area (TPSA) is 41.1 Å². The molecule has 3 rings (SSSR count). The molecule has 1 aliphatic heterocycles. The van der Waals surface area contributed by atoms with Gasteiger partial charge in [-0.25, -0.2) is 0 Å². The summed E-state index contributed by atoms with van der Waals surface area (Å²) in [5.41, 5.74) is 3.46. The molecule has 102 valence electrons. The molecule has 1 aromatic carbocycles. The second-order valence-electron chi connectivity index (χ2n) is 5.76. The van der Waals surface area contributed by atoms with E-state index in [1.807, 2.05) is 12.1 Å². The smallest absolute Gasteiger partial charge is 0.224 e. The number of nitrogens with one attached hydrogen (secondary N) is 2. The first-order valence-corrected chi connectivity index (χ1v) is 7.48. The summed E-state index contributed by atoms with van der Waals surface area (Å²) < 4.78 is 0. The number of carbonyl (C=O) groups excluding carboxylic acids is 1. The Morgan fingerprint density at radius 2 is 2.11 bits per heavy atom. The monoisotopic (exact) mass is 258 g/mol. The molecular weight excluding hydrogens is 236 g/mol. The number of amides is 1. The summed E-state index contributed by atoms with van der Waals surface area (Å²) in [6.07, 6.45) is 7.93. The molecular formula is C16H22N2O. The standard InChI is InChI=1S/C16H22N2O/c19-16(11-12-5-1-2-6-12)18-15-9-3-8-14-13(15)7-4-10-17-14/h3,8-9,12,17H,1-2,4-7,10-11H2,(H,18,19). The first kappa shape index (κ1) is 12.5. The van der Waals surface area contributed by atoms with Crippen molar-refractivity contribution in [1.29, 1.82) is 0 Å². The Balaban J connectivity index is 1.67. The fourth-order valence-electron chi connectivity index (χ4n) is 3.31. The Labute approximate surface area is 114 Å².